The molecule has 12 rings (SSSR count). The summed E-state index contributed by atoms with van der Waals surface area (Å²) in [5.74, 6) is 0.409. The Kier molecular flexibility index (Phi) is 11.8. The molecule has 2 N–H and O–H groups in total. The topological polar surface area (TPSA) is 117 Å². The summed E-state index contributed by atoms with van der Waals surface area (Å²) in [7, 11) is 0. The van der Waals surface area contributed by atoms with Crippen molar-refractivity contribution in [1.82, 2.24) is 34.9 Å². The lowest BCUT2D eigenvalue weighted by Crippen LogP contribution is -2.53. The number of thiazole rings is 1. The van der Waals surface area contributed by atoms with E-state index in [0.717, 1.165) is 134 Å². The highest BCUT2D eigenvalue weighted by molar-refractivity contribution is 7.18. The van der Waals surface area contributed by atoms with Crippen LogP contribution in [0, 0.1) is 16.6 Å². The Bertz CT molecular complexity index is 3000. The third-order valence-corrected chi connectivity index (χ3v) is 16.7. The van der Waals surface area contributed by atoms with Crippen LogP contribution in [-0.2, 0) is 22.7 Å². The molecule has 0 aliphatic carbocycles. The van der Waals surface area contributed by atoms with Crippen molar-refractivity contribution in [2.24, 2.45) is 10.8 Å². The molecule has 4 aliphatic rings. The fourth-order valence-electron chi connectivity index (χ4n) is 10.9. The first-order chi connectivity index (χ1) is 32.8. The van der Waals surface area contributed by atoms with Gasteiger partial charge in [0.15, 0.2) is 5.13 Å². The van der Waals surface area contributed by atoms with E-state index in [-0.39, 0.29) is 16.6 Å². The van der Waals surface area contributed by atoms with Crippen LogP contribution in [0.3, 0.4) is 0 Å². The van der Waals surface area contributed by atoms with Crippen molar-refractivity contribution in [3.8, 4) is 21.8 Å². The van der Waals surface area contributed by atoms with Gasteiger partial charge < -0.3 is 29.6 Å². The standard InChI is InChI=1S/C27H27FN4OS.C26H27N5OS/c28-21-8-6-19(7-9-21)24-18-34-26(30-24)31-14-11-27(12-15-31)10-3-13-32(25(27)33)17-20-16-29-23-5-2-1-4-22(20)23;32-24-26(11-6-14-31(24)18-20-17-27-22-10-5-4-9-21(20)22)12-15-30(16-13-26)25-29-28-23(33-25)19-7-2-1-3-8-19/h1-2,4-9,16,18,29H,3,10-15,17H2;1-5,7-10,17,27H,6,11-16,18H2. The number of H-pyrrole nitrogens is 2. The quantitative estimate of drug-likeness (QED) is 0.156. The Hall–Kier alpha value is -6.38. The highest BCUT2D eigenvalue weighted by Gasteiger charge is 2.47. The number of piperidine rings is 4. The number of para-hydroxylation sites is 2. The van der Waals surface area contributed by atoms with Crippen molar-refractivity contribution in [3.63, 3.8) is 0 Å². The smallest absolute Gasteiger partial charge is 0.229 e. The van der Waals surface area contributed by atoms with Gasteiger partial charge in [0.1, 0.15) is 10.8 Å². The molecule has 342 valence electrons. The van der Waals surface area contributed by atoms with Crippen molar-refractivity contribution < 1.29 is 14.0 Å². The zero-order valence-electron chi connectivity index (χ0n) is 37.5. The predicted octanol–water partition coefficient (Wildman–Crippen LogP) is 10.9. The van der Waals surface area contributed by atoms with Crippen LogP contribution in [0.15, 0.2) is 121 Å². The van der Waals surface area contributed by atoms with Gasteiger partial charge in [-0.05, 0) is 98.9 Å². The molecule has 0 saturated carbocycles. The number of likely N-dealkylation sites (tertiary alicyclic amines) is 2. The van der Waals surface area contributed by atoms with Gasteiger partial charge in [-0.1, -0.05) is 78.1 Å². The van der Waals surface area contributed by atoms with E-state index in [0.29, 0.717) is 24.9 Å². The molecule has 14 heteroatoms. The number of carbonyl (C=O) groups excluding carboxylic acids is 2. The molecule has 2 amide bonds. The van der Waals surface area contributed by atoms with Crippen molar-refractivity contribution >= 4 is 66.6 Å². The Morgan fingerprint density at radius 3 is 1.66 bits per heavy atom. The second-order valence-corrected chi connectivity index (χ2v) is 20.5. The van der Waals surface area contributed by atoms with E-state index in [4.69, 9.17) is 4.98 Å². The average Bonchev–Trinajstić information content (AvgIpc) is 4.22. The summed E-state index contributed by atoms with van der Waals surface area (Å²) < 4.78 is 13.2. The minimum atomic E-state index is -0.252. The van der Waals surface area contributed by atoms with Crippen LogP contribution in [0.4, 0.5) is 14.7 Å². The highest BCUT2D eigenvalue weighted by Crippen LogP contribution is 2.45. The van der Waals surface area contributed by atoms with Gasteiger partial charge in [0, 0.05) is 103 Å². The number of benzene rings is 4. The molecule has 4 fully saturated rings. The van der Waals surface area contributed by atoms with E-state index >= 15 is 0 Å². The summed E-state index contributed by atoms with van der Waals surface area (Å²) in [5, 5.41) is 16.2. The first-order valence-corrected chi connectivity index (χ1v) is 25.3. The van der Waals surface area contributed by atoms with E-state index in [2.05, 4.69) is 94.5 Å². The van der Waals surface area contributed by atoms with Gasteiger partial charge in [-0.25, -0.2) is 9.37 Å². The lowest BCUT2D eigenvalue weighted by atomic mass is 9.71. The lowest BCUT2D eigenvalue weighted by molar-refractivity contribution is -0.149. The number of aromatic amines is 2. The van der Waals surface area contributed by atoms with E-state index in [1.54, 1.807) is 34.8 Å². The SMILES string of the molecule is O=C1N(Cc2c[nH]c3ccccc23)CCCC12CCN(c1nc(-c3ccc(F)cc3)cs1)CC2.O=C1N(Cc2c[nH]c3ccccc23)CCCC12CCN(c1nnc(-c3ccccc3)s1)CC2. The van der Waals surface area contributed by atoms with Crippen molar-refractivity contribution in [2.45, 2.75) is 64.5 Å². The molecule has 0 bridgehead atoms. The van der Waals surface area contributed by atoms with Crippen LogP contribution in [-0.4, -0.2) is 86.0 Å². The van der Waals surface area contributed by atoms with Gasteiger partial charge in [-0.3, -0.25) is 9.59 Å². The van der Waals surface area contributed by atoms with E-state index < -0.39 is 0 Å². The molecule has 4 aromatic heterocycles. The summed E-state index contributed by atoms with van der Waals surface area (Å²) in [6.45, 7) is 6.42. The maximum atomic E-state index is 13.7. The maximum absolute atomic E-state index is 13.7. The fourth-order valence-corrected chi connectivity index (χ4v) is 12.7. The molecule has 2 spiro atoms. The Balaban J connectivity index is 0.000000148. The number of anilines is 2. The molecule has 4 saturated heterocycles. The van der Waals surface area contributed by atoms with Crippen molar-refractivity contribution in [1.29, 1.82) is 0 Å². The summed E-state index contributed by atoms with van der Waals surface area (Å²) in [6.07, 6.45) is 11.7. The Morgan fingerprint density at radius 1 is 0.567 bits per heavy atom. The fraction of sp³-hybridized carbons (Fsp3) is 0.340. The van der Waals surface area contributed by atoms with E-state index in [9.17, 15) is 14.0 Å². The number of fused-ring (bicyclic) bond motifs is 2. The molecule has 4 aliphatic heterocycles. The third-order valence-electron chi connectivity index (χ3n) is 14.8. The van der Waals surface area contributed by atoms with Gasteiger partial charge >= 0.3 is 0 Å². The predicted molar refractivity (Wildman–Crippen MR) is 267 cm³/mol. The first-order valence-electron chi connectivity index (χ1n) is 23.6. The zero-order chi connectivity index (χ0) is 45.4. The van der Waals surface area contributed by atoms with Crippen LogP contribution in [0.25, 0.3) is 43.6 Å². The molecule has 8 aromatic rings. The number of nitrogens with one attached hydrogen (secondary N) is 2. The normalized spacial score (nSPS) is 18.3. The molecular weight excluding hydrogens is 878 g/mol. The van der Waals surface area contributed by atoms with Crippen LogP contribution in [0.1, 0.15) is 62.5 Å². The van der Waals surface area contributed by atoms with Crippen LogP contribution >= 0.6 is 22.7 Å². The first kappa shape index (κ1) is 43.2. The summed E-state index contributed by atoms with van der Waals surface area (Å²) in [6, 6.07) is 33.3. The molecule has 0 radical (unpaired) electrons. The number of halogens is 1. The number of nitrogens with zero attached hydrogens (tertiary/aromatic N) is 7. The molecule has 4 aromatic carbocycles. The highest BCUT2D eigenvalue weighted by atomic mass is 32.1. The Morgan fingerprint density at radius 2 is 1.09 bits per heavy atom. The van der Waals surface area contributed by atoms with Crippen molar-refractivity contribution in [2.75, 3.05) is 49.1 Å². The molecule has 8 heterocycles. The van der Waals surface area contributed by atoms with Gasteiger partial charge in [0.2, 0.25) is 16.9 Å². The number of aromatic nitrogens is 5. The van der Waals surface area contributed by atoms with Gasteiger partial charge in [0.05, 0.1) is 16.5 Å². The van der Waals surface area contributed by atoms with Crippen molar-refractivity contribution in [3.05, 3.63) is 138 Å². The number of rotatable bonds is 8. The lowest BCUT2D eigenvalue weighted by Gasteiger charge is -2.46. The Labute approximate surface area is 397 Å². The monoisotopic (exact) mass is 931 g/mol. The molecule has 11 nitrogen and oxygen atoms in total. The molecule has 0 unspecified atom stereocenters. The second kappa shape index (κ2) is 18.4. The minimum Gasteiger partial charge on any atom is -0.361 e. The molecular formula is C53H54FN9O2S2. The number of hydrogen-bond donors (Lipinski definition) is 2. The summed E-state index contributed by atoms with van der Waals surface area (Å²) in [5.41, 5.74) is 7.06. The third kappa shape index (κ3) is 8.61. The number of carbonyl (C=O) groups is 2. The van der Waals surface area contributed by atoms with Crippen LogP contribution in [0.2, 0.25) is 0 Å². The van der Waals surface area contributed by atoms with Gasteiger partial charge in [-0.15, -0.1) is 21.5 Å². The van der Waals surface area contributed by atoms with E-state index in [1.807, 2.05) is 41.9 Å². The number of amides is 2. The molecule has 67 heavy (non-hydrogen) atoms. The zero-order valence-corrected chi connectivity index (χ0v) is 39.1. The minimum absolute atomic E-state index is 0.228. The van der Waals surface area contributed by atoms with Gasteiger partial charge in [0.25, 0.3) is 0 Å². The summed E-state index contributed by atoms with van der Waals surface area (Å²) >= 11 is 3.26. The maximum Gasteiger partial charge on any atom is 0.229 e. The van der Waals surface area contributed by atoms with Crippen LogP contribution < -0.4 is 9.80 Å². The second-order valence-electron chi connectivity index (χ2n) is 18.7. The van der Waals surface area contributed by atoms with Crippen LogP contribution in [0.5, 0.6) is 0 Å². The number of hydrogen-bond acceptors (Lipinski definition) is 9. The largest absolute Gasteiger partial charge is 0.361 e. The average molecular weight is 932 g/mol. The van der Waals surface area contributed by atoms with Gasteiger partial charge in [-0.2, -0.15) is 0 Å². The van der Waals surface area contributed by atoms with E-state index in [1.165, 1.54) is 34.0 Å². The summed E-state index contributed by atoms with van der Waals surface area (Å²) in [4.78, 5) is 47.6. The molecule has 0 atom stereocenters.